The first kappa shape index (κ1) is 13.2. The van der Waals surface area contributed by atoms with Gasteiger partial charge in [-0.1, -0.05) is 32.9 Å². The summed E-state index contributed by atoms with van der Waals surface area (Å²) >= 11 is 0. The van der Waals surface area contributed by atoms with Gasteiger partial charge in [0, 0.05) is 6.04 Å². The van der Waals surface area contributed by atoms with Gasteiger partial charge in [-0.05, 0) is 43.0 Å². The van der Waals surface area contributed by atoms with Crippen molar-refractivity contribution in [1.29, 1.82) is 0 Å². The van der Waals surface area contributed by atoms with Crippen molar-refractivity contribution < 1.29 is 4.39 Å². The van der Waals surface area contributed by atoms with Crippen LogP contribution in [0.3, 0.4) is 0 Å². The van der Waals surface area contributed by atoms with E-state index < -0.39 is 0 Å². The Morgan fingerprint density at radius 2 is 1.88 bits per heavy atom. The Labute approximate surface area is 98.1 Å². The van der Waals surface area contributed by atoms with Gasteiger partial charge in [-0.2, -0.15) is 0 Å². The molecule has 2 heteroatoms. The molecule has 0 aromatic heterocycles. The number of hydrogen-bond donors (Lipinski definition) is 1. The second-order valence-corrected chi connectivity index (χ2v) is 4.91. The number of rotatable bonds is 5. The smallest absolute Gasteiger partial charge is 0.123 e. The van der Waals surface area contributed by atoms with Crippen molar-refractivity contribution in [1.82, 2.24) is 5.32 Å². The summed E-state index contributed by atoms with van der Waals surface area (Å²) in [5.41, 5.74) is 1.01. The number of nitrogens with one attached hydrogen (secondary N) is 1. The van der Waals surface area contributed by atoms with Crippen LogP contribution in [-0.4, -0.2) is 6.54 Å². The molecule has 0 saturated carbocycles. The summed E-state index contributed by atoms with van der Waals surface area (Å²) in [5.74, 6) is 1.14. The van der Waals surface area contributed by atoms with Gasteiger partial charge in [-0.15, -0.1) is 0 Å². The maximum atomic E-state index is 13.0. The standard InChI is InChI=1S/C14H22FN/c1-10(2)11(3)9-16-12(4)13-6-5-7-14(15)8-13/h5-8,10-12,16H,9H2,1-4H3. The van der Waals surface area contributed by atoms with Gasteiger partial charge in [0.1, 0.15) is 5.82 Å². The maximum absolute atomic E-state index is 13.0. The molecule has 0 spiro atoms. The van der Waals surface area contributed by atoms with Crippen molar-refractivity contribution in [3.05, 3.63) is 35.6 Å². The second-order valence-electron chi connectivity index (χ2n) is 4.91. The zero-order valence-corrected chi connectivity index (χ0v) is 10.6. The maximum Gasteiger partial charge on any atom is 0.123 e. The zero-order chi connectivity index (χ0) is 12.1. The predicted octanol–water partition coefficient (Wildman–Crippen LogP) is 3.77. The van der Waals surface area contributed by atoms with E-state index in [0.29, 0.717) is 11.8 Å². The SMILES string of the molecule is CC(NCC(C)C(C)C)c1cccc(F)c1. The minimum Gasteiger partial charge on any atom is -0.310 e. The van der Waals surface area contributed by atoms with E-state index in [4.69, 9.17) is 0 Å². The van der Waals surface area contributed by atoms with Gasteiger partial charge in [-0.3, -0.25) is 0 Å². The van der Waals surface area contributed by atoms with E-state index in [1.54, 1.807) is 12.1 Å². The van der Waals surface area contributed by atoms with Gasteiger partial charge in [0.05, 0.1) is 0 Å². The fourth-order valence-electron chi connectivity index (χ4n) is 1.49. The highest BCUT2D eigenvalue weighted by molar-refractivity contribution is 5.19. The Kier molecular flexibility index (Phi) is 4.94. The van der Waals surface area contributed by atoms with Crippen LogP contribution in [0.1, 0.15) is 39.3 Å². The first-order valence-electron chi connectivity index (χ1n) is 5.99. The molecule has 16 heavy (non-hydrogen) atoms. The van der Waals surface area contributed by atoms with Crippen LogP contribution in [-0.2, 0) is 0 Å². The molecule has 0 heterocycles. The molecule has 2 unspecified atom stereocenters. The first-order chi connectivity index (χ1) is 7.50. The molecule has 2 atom stereocenters. The van der Waals surface area contributed by atoms with E-state index in [2.05, 4.69) is 33.0 Å². The largest absolute Gasteiger partial charge is 0.310 e. The summed E-state index contributed by atoms with van der Waals surface area (Å²) in [6.45, 7) is 9.71. The first-order valence-corrected chi connectivity index (χ1v) is 5.99. The molecule has 1 aromatic rings. The van der Waals surface area contributed by atoms with Crippen LogP contribution in [0.2, 0.25) is 0 Å². The third-order valence-corrected chi connectivity index (χ3v) is 3.23. The van der Waals surface area contributed by atoms with E-state index in [-0.39, 0.29) is 11.9 Å². The summed E-state index contributed by atoms with van der Waals surface area (Å²) in [4.78, 5) is 0. The van der Waals surface area contributed by atoms with Crippen LogP contribution in [0.4, 0.5) is 4.39 Å². The lowest BCUT2D eigenvalue weighted by Gasteiger charge is -2.20. The van der Waals surface area contributed by atoms with E-state index in [9.17, 15) is 4.39 Å². The van der Waals surface area contributed by atoms with Crippen molar-refractivity contribution >= 4 is 0 Å². The van der Waals surface area contributed by atoms with Gasteiger partial charge in [0.25, 0.3) is 0 Å². The van der Waals surface area contributed by atoms with Crippen molar-refractivity contribution in [2.24, 2.45) is 11.8 Å². The van der Waals surface area contributed by atoms with Gasteiger partial charge in [-0.25, -0.2) is 4.39 Å². The highest BCUT2D eigenvalue weighted by Crippen LogP contribution is 2.15. The van der Waals surface area contributed by atoms with Crippen LogP contribution in [0.5, 0.6) is 0 Å². The van der Waals surface area contributed by atoms with E-state index in [0.717, 1.165) is 12.1 Å². The second kappa shape index (κ2) is 6.00. The van der Waals surface area contributed by atoms with Crippen LogP contribution >= 0.6 is 0 Å². The van der Waals surface area contributed by atoms with Crippen LogP contribution in [0, 0.1) is 17.7 Å². The lowest BCUT2D eigenvalue weighted by molar-refractivity contribution is 0.375. The molecular formula is C14H22FN. The Bertz CT molecular complexity index is 322. The highest BCUT2D eigenvalue weighted by Gasteiger charge is 2.10. The normalized spacial score (nSPS) is 15.1. The summed E-state index contributed by atoms with van der Waals surface area (Å²) < 4.78 is 13.0. The lowest BCUT2D eigenvalue weighted by atomic mass is 9.97. The van der Waals surface area contributed by atoms with E-state index in [1.807, 2.05) is 6.07 Å². The van der Waals surface area contributed by atoms with Gasteiger partial charge in [0.2, 0.25) is 0 Å². The molecule has 0 aliphatic heterocycles. The van der Waals surface area contributed by atoms with Crippen LogP contribution in [0.25, 0.3) is 0 Å². The van der Waals surface area contributed by atoms with Crippen molar-refractivity contribution in [3.63, 3.8) is 0 Å². The quantitative estimate of drug-likeness (QED) is 0.801. The highest BCUT2D eigenvalue weighted by atomic mass is 19.1. The van der Waals surface area contributed by atoms with Crippen molar-refractivity contribution in [2.75, 3.05) is 6.54 Å². The Balaban J connectivity index is 2.49. The minimum absolute atomic E-state index is 0.164. The fourth-order valence-corrected chi connectivity index (χ4v) is 1.49. The molecule has 90 valence electrons. The van der Waals surface area contributed by atoms with Crippen LogP contribution < -0.4 is 5.32 Å². The summed E-state index contributed by atoms with van der Waals surface area (Å²) in [5, 5.41) is 3.44. The topological polar surface area (TPSA) is 12.0 Å². The zero-order valence-electron chi connectivity index (χ0n) is 10.6. The number of hydrogen-bond acceptors (Lipinski definition) is 1. The monoisotopic (exact) mass is 223 g/mol. The van der Waals surface area contributed by atoms with Crippen molar-refractivity contribution in [2.45, 2.75) is 33.7 Å². The number of halogens is 1. The molecule has 1 aromatic carbocycles. The lowest BCUT2D eigenvalue weighted by Crippen LogP contribution is -2.26. The molecule has 0 radical (unpaired) electrons. The summed E-state index contributed by atoms with van der Waals surface area (Å²) in [7, 11) is 0. The minimum atomic E-state index is -0.164. The molecule has 0 amide bonds. The molecule has 0 fully saturated rings. The molecule has 0 aliphatic carbocycles. The molecule has 1 nitrogen and oxygen atoms in total. The predicted molar refractivity (Wildman–Crippen MR) is 66.8 cm³/mol. The van der Waals surface area contributed by atoms with Gasteiger partial charge in [0.15, 0.2) is 0 Å². The Morgan fingerprint density at radius 3 is 2.44 bits per heavy atom. The van der Waals surface area contributed by atoms with E-state index in [1.165, 1.54) is 6.07 Å². The van der Waals surface area contributed by atoms with Gasteiger partial charge < -0.3 is 5.32 Å². The molecule has 0 aliphatic rings. The number of benzene rings is 1. The Hall–Kier alpha value is -0.890. The third-order valence-electron chi connectivity index (χ3n) is 3.23. The average molecular weight is 223 g/mol. The molecule has 0 bridgehead atoms. The molecule has 1 N–H and O–H groups in total. The van der Waals surface area contributed by atoms with Crippen LogP contribution in [0.15, 0.2) is 24.3 Å². The third kappa shape index (κ3) is 3.93. The molecule has 0 saturated heterocycles. The van der Waals surface area contributed by atoms with E-state index >= 15 is 0 Å². The van der Waals surface area contributed by atoms with Gasteiger partial charge >= 0.3 is 0 Å². The fraction of sp³-hybridized carbons (Fsp3) is 0.571. The molecule has 1 rings (SSSR count). The summed E-state index contributed by atoms with van der Waals surface area (Å²) in [6.07, 6.45) is 0. The molecular weight excluding hydrogens is 201 g/mol. The summed E-state index contributed by atoms with van der Waals surface area (Å²) in [6, 6.07) is 7.00. The average Bonchev–Trinajstić information content (AvgIpc) is 2.25. The Morgan fingerprint density at radius 1 is 1.19 bits per heavy atom. The van der Waals surface area contributed by atoms with Crippen molar-refractivity contribution in [3.8, 4) is 0 Å².